The molecule has 1 fully saturated rings. The summed E-state index contributed by atoms with van der Waals surface area (Å²) in [7, 11) is 0. The van der Waals surface area contributed by atoms with Crippen LogP contribution in [0.2, 0.25) is 0 Å². The summed E-state index contributed by atoms with van der Waals surface area (Å²) >= 11 is 0. The Morgan fingerprint density at radius 3 is 2.71 bits per heavy atom. The van der Waals surface area contributed by atoms with Gasteiger partial charge < -0.3 is 15.7 Å². The lowest BCUT2D eigenvalue weighted by Crippen LogP contribution is -2.56. The van der Waals surface area contributed by atoms with Crippen LogP contribution in [0.4, 0.5) is 5.69 Å². The Morgan fingerprint density at radius 2 is 1.95 bits per heavy atom. The van der Waals surface area contributed by atoms with Gasteiger partial charge in [0.15, 0.2) is 0 Å². The number of rotatable bonds is 2. The molecule has 108 valence electrons. The van der Waals surface area contributed by atoms with Crippen LogP contribution in [0.25, 0.3) is 10.8 Å². The quantitative estimate of drug-likeness (QED) is 0.649. The van der Waals surface area contributed by atoms with Crippen LogP contribution >= 0.6 is 0 Å². The number of piperazine rings is 1. The van der Waals surface area contributed by atoms with E-state index in [1.54, 1.807) is 30.3 Å². The minimum Gasteiger partial charge on any atom is -0.507 e. The molecule has 1 aliphatic heterocycles. The van der Waals surface area contributed by atoms with Gasteiger partial charge in [0.1, 0.15) is 11.8 Å². The van der Waals surface area contributed by atoms with Crippen molar-refractivity contribution in [2.24, 2.45) is 0 Å². The van der Waals surface area contributed by atoms with Crippen LogP contribution in [-0.4, -0.2) is 36.1 Å². The maximum Gasteiger partial charge on any atom is 0.243 e. The van der Waals surface area contributed by atoms with E-state index in [4.69, 9.17) is 0 Å². The highest BCUT2D eigenvalue weighted by Gasteiger charge is 2.24. The fraction of sp³-hybridized carbons (Fsp3) is 0.200. The molecule has 21 heavy (non-hydrogen) atoms. The number of hydrogen-bond acceptors (Lipinski definition) is 4. The second-order valence-electron chi connectivity index (χ2n) is 4.90. The summed E-state index contributed by atoms with van der Waals surface area (Å²) in [4.78, 5) is 23.3. The van der Waals surface area contributed by atoms with Crippen molar-refractivity contribution >= 4 is 28.3 Å². The summed E-state index contributed by atoms with van der Waals surface area (Å²) < 4.78 is 0. The average molecular weight is 285 g/mol. The zero-order valence-electron chi connectivity index (χ0n) is 11.2. The average Bonchev–Trinajstić information content (AvgIpc) is 2.49. The van der Waals surface area contributed by atoms with E-state index in [1.165, 1.54) is 0 Å². The number of benzene rings is 2. The van der Waals surface area contributed by atoms with Crippen molar-refractivity contribution < 1.29 is 14.7 Å². The Kier molecular flexibility index (Phi) is 3.45. The first-order valence-corrected chi connectivity index (χ1v) is 6.67. The van der Waals surface area contributed by atoms with Gasteiger partial charge in [-0.1, -0.05) is 24.3 Å². The Bertz CT molecular complexity index is 704. The predicted octanol–water partition coefficient (Wildman–Crippen LogP) is 0.572. The Morgan fingerprint density at radius 1 is 1.19 bits per heavy atom. The molecule has 4 N–H and O–H groups in total. The van der Waals surface area contributed by atoms with Crippen molar-refractivity contribution in [3.05, 3.63) is 36.4 Å². The zero-order valence-corrected chi connectivity index (χ0v) is 11.2. The number of amides is 2. The van der Waals surface area contributed by atoms with Crippen molar-refractivity contribution in [2.45, 2.75) is 6.04 Å². The standard InChI is InChI=1S/C15H15N3O3/c19-13-6-2-3-9-10(13)4-1-5-11(9)18-15(21)12-7-17-14(20)8-16-12/h1-6,12,16,19H,7-8H2,(H,17,20)(H,18,21). The predicted molar refractivity (Wildman–Crippen MR) is 79.0 cm³/mol. The van der Waals surface area contributed by atoms with E-state index in [-0.39, 0.29) is 30.7 Å². The minimum atomic E-state index is -0.463. The highest BCUT2D eigenvalue weighted by Crippen LogP contribution is 2.29. The first-order chi connectivity index (χ1) is 10.1. The topological polar surface area (TPSA) is 90.5 Å². The van der Waals surface area contributed by atoms with E-state index in [9.17, 15) is 14.7 Å². The van der Waals surface area contributed by atoms with Gasteiger partial charge in [-0.25, -0.2) is 0 Å². The van der Waals surface area contributed by atoms with Gasteiger partial charge in [-0.05, 0) is 12.1 Å². The number of hydrogen-bond donors (Lipinski definition) is 4. The van der Waals surface area contributed by atoms with Gasteiger partial charge in [0, 0.05) is 23.0 Å². The minimum absolute atomic E-state index is 0.117. The molecule has 0 aliphatic carbocycles. The largest absolute Gasteiger partial charge is 0.507 e. The second kappa shape index (κ2) is 5.41. The summed E-state index contributed by atoms with van der Waals surface area (Å²) in [6, 6.07) is 10.0. The third-order valence-corrected chi connectivity index (χ3v) is 3.49. The van der Waals surface area contributed by atoms with Gasteiger partial charge in [0.2, 0.25) is 11.8 Å². The number of carbonyl (C=O) groups excluding carboxylic acids is 2. The number of anilines is 1. The summed E-state index contributed by atoms with van der Waals surface area (Å²) in [6.45, 7) is 0.398. The highest BCUT2D eigenvalue weighted by atomic mass is 16.3. The molecular weight excluding hydrogens is 270 g/mol. The number of phenols is 1. The molecule has 1 unspecified atom stereocenters. The zero-order chi connectivity index (χ0) is 14.8. The summed E-state index contributed by atoms with van der Waals surface area (Å²) in [5.41, 5.74) is 0.632. The highest BCUT2D eigenvalue weighted by molar-refractivity contribution is 6.05. The van der Waals surface area contributed by atoms with Crippen LogP contribution in [0.1, 0.15) is 0 Å². The lowest BCUT2D eigenvalue weighted by Gasteiger charge is -2.23. The van der Waals surface area contributed by atoms with E-state index >= 15 is 0 Å². The second-order valence-corrected chi connectivity index (χ2v) is 4.90. The normalized spacial score (nSPS) is 18.3. The maximum absolute atomic E-state index is 12.2. The Balaban J connectivity index is 1.83. The van der Waals surface area contributed by atoms with Crippen LogP contribution in [0.5, 0.6) is 5.75 Å². The van der Waals surface area contributed by atoms with Gasteiger partial charge in [0.25, 0.3) is 0 Å². The molecule has 0 aromatic heterocycles. The van der Waals surface area contributed by atoms with E-state index < -0.39 is 6.04 Å². The van der Waals surface area contributed by atoms with E-state index in [1.807, 2.05) is 6.07 Å². The lowest BCUT2D eigenvalue weighted by atomic mass is 10.1. The first-order valence-electron chi connectivity index (χ1n) is 6.67. The molecule has 0 bridgehead atoms. The van der Waals surface area contributed by atoms with Gasteiger partial charge in [-0.15, -0.1) is 0 Å². The van der Waals surface area contributed by atoms with Crippen molar-refractivity contribution in [3.63, 3.8) is 0 Å². The molecule has 1 heterocycles. The maximum atomic E-state index is 12.2. The molecule has 2 aromatic rings. The van der Waals surface area contributed by atoms with Crippen LogP contribution in [0.3, 0.4) is 0 Å². The van der Waals surface area contributed by atoms with Crippen LogP contribution in [0, 0.1) is 0 Å². The molecule has 2 aromatic carbocycles. The molecule has 0 saturated carbocycles. The fourth-order valence-electron chi connectivity index (χ4n) is 2.37. The lowest BCUT2D eigenvalue weighted by molar-refractivity contribution is -0.124. The number of aromatic hydroxyl groups is 1. The van der Waals surface area contributed by atoms with Crippen molar-refractivity contribution in [2.75, 3.05) is 18.4 Å². The number of fused-ring (bicyclic) bond motifs is 1. The molecule has 3 rings (SSSR count). The Labute approximate surface area is 121 Å². The SMILES string of the molecule is O=C1CNC(C(=O)Nc2cccc3c(O)cccc23)CN1. The number of phenolic OH excluding ortho intramolecular Hbond substituents is 1. The van der Waals surface area contributed by atoms with E-state index in [0.717, 1.165) is 5.39 Å². The third kappa shape index (κ3) is 2.66. The van der Waals surface area contributed by atoms with Gasteiger partial charge in [-0.2, -0.15) is 0 Å². The van der Waals surface area contributed by atoms with Crippen LogP contribution in [-0.2, 0) is 9.59 Å². The summed E-state index contributed by atoms with van der Waals surface area (Å²) in [5, 5.41) is 19.6. The first kappa shape index (κ1) is 13.4. The number of carbonyl (C=O) groups is 2. The van der Waals surface area contributed by atoms with Crippen LogP contribution < -0.4 is 16.0 Å². The number of nitrogens with one attached hydrogen (secondary N) is 3. The molecule has 1 atom stereocenters. The van der Waals surface area contributed by atoms with Crippen molar-refractivity contribution in [3.8, 4) is 5.75 Å². The molecule has 1 aliphatic rings. The summed E-state index contributed by atoms with van der Waals surface area (Å²) in [6.07, 6.45) is 0. The molecule has 2 amide bonds. The van der Waals surface area contributed by atoms with Crippen LogP contribution in [0.15, 0.2) is 36.4 Å². The van der Waals surface area contributed by atoms with Gasteiger partial charge in [-0.3, -0.25) is 14.9 Å². The molecule has 6 nitrogen and oxygen atoms in total. The molecule has 1 saturated heterocycles. The molecule has 0 radical (unpaired) electrons. The third-order valence-electron chi connectivity index (χ3n) is 3.49. The Hall–Kier alpha value is -2.60. The monoisotopic (exact) mass is 285 g/mol. The van der Waals surface area contributed by atoms with E-state index in [0.29, 0.717) is 11.1 Å². The fourth-order valence-corrected chi connectivity index (χ4v) is 2.37. The van der Waals surface area contributed by atoms with Crippen molar-refractivity contribution in [1.82, 2.24) is 10.6 Å². The molecule has 0 spiro atoms. The van der Waals surface area contributed by atoms with E-state index in [2.05, 4.69) is 16.0 Å². The van der Waals surface area contributed by atoms with Gasteiger partial charge in [0.05, 0.1) is 6.54 Å². The summed E-state index contributed by atoms with van der Waals surface area (Å²) in [5.74, 6) is -0.161. The van der Waals surface area contributed by atoms with Gasteiger partial charge >= 0.3 is 0 Å². The molecular formula is C15H15N3O3. The molecule has 6 heteroatoms. The van der Waals surface area contributed by atoms with Crippen molar-refractivity contribution in [1.29, 1.82) is 0 Å². The smallest absolute Gasteiger partial charge is 0.243 e.